The molecule has 4 aromatic rings. The van der Waals surface area contributed by atoms with E-state index in [0.29, 0.717) is 12.6 Å². The van der Waals surface area contributed by atoms with Crippen LogP contribution in [-0.4, -0.2) is 24.5 Å². The highest BCUT2D eigenvalue weighted by molar-refractivity contribution is 6.08. The van der Waals surface area contributed by atoms with Crippen molar-refractivity contribution in [3.8, 4) is 0 Å². The molecule has 0 amide bonds. The van der Waals surface area contributed by atoms with E-state index in [1.807, 2.05) is 0 Å². The minimum atomic E-state index is -0.651. The number of fused-ring (bicyclic) bond motifs is 3. The van der Waals surface area contributed by atoms with Gasteiger partial charge in [0.1, 0.15) is 6.10 Å². The Morgan fingerprint density at radius 1 is 0.886 bits per heavy atom. The lowest BCUT2D eigenvalue weighted by Crippen LogP contribution is -2.49. The number of rotatable bonds is 4. The largest absolute Gasteiger partial charge is 0.382 e. The number of hydrogen-bond donors (Lipinski definition) is 1. The molecule has 0 radical (unpaired) electrons. The summed E-state index contributed by atoms with van der Waals surface area (Å²) in [6.07, 6.45) is 3.23. The average molecular weight is 466 g/mol. The van der Waals surface area contributed by atoms with Gasteiger partial charge in [-0.1, -0.05) is 72.8 Å². The smallest absolute Gasteiger partial charge is 0.201 e. The molecule has 1 heterocycles. The fraction of sp³-hybridized carbons (Fsp3) is 0.290. The van der Waals surface area contributed by atoms with E-state index in [1.165, 1.54) is 27.1 Å². The molecule has 2 fully saturated rings. The van der Waals surface area contributed by atoms with E-state index in [1.54, 1.807) is 0 Å². The van der Waals surface area contributed by atoms with Crippen LogP contribution >= 0.6 is 0 Å². The average Bonchev–Trinajstić information content (AvgIpc) is 2.91. The van der Waals surface area contributed by atoms with Gasteiger partial charge in [-0.3, -0.25) is 0 Å². The molecule has 4 heteroatoms. The third kappa shape index (κ3) is 4.45. The van der Waals surface area contributed by atoms with Crippen LogP contribution < -0.4 is 5.32 Å². The number of aryl methyl sites for hydroxylation is 1. The van der Waals surface area contributed by atoms with Crippen molar-refractivity contribution in [2.75, 3.05) is 11.9 Å². The molecule has 2 aliphatic rings. The molecular formula is C31H31NO3. The van der Waals surface area contributed by atoms with Crippen molar-refractivity contribution in [1.29, 1.82) is 0 Å². The van der Waals surface area contributed by atoms with E-state index in [9.17, 15) is 0 Å². The number of ether oxygens (including phenoxy) is 1. The lowest BCUT2D eigenvalue weighted by Gasteiger charge is -2.43. The van der Waals surface area contributed by atoms with Crippen LogP contribution in [0, 0.1) is 6.92 Å². The van der Waals surface area contributed by atoms with Gasteiger partial charge in [0.15, 0.2) is 0 Å². The third-order valence-electron chi connectivity index (χ3n) is 7.49. The van der Waals surface area contributed by atoms with E-state index in [0.717, 1.165) is 42.5 Å². The maximum Gasteiger partial charge on any atom is 0.201 e. The molecular weight excluding hydrogens is 434 g/mol. The van der Waals surface area contributed by atoms with E-state index in [-0.39, 0.29) is 6.10 Å². The Morgan fingerprint density at radius 3 is 2.34 bits per heavy atom. The molecule has 1 atom stereocenters. The van der Waals surface area contributed by atoms with Crippen LogP contribution in [0.5, 0.6) is 0 Å². The highest BCUT2D eigenvalue weighted by atomic mass is 17.2. The van der Waals surface area contributed by atoms with Crippen LogP contribution in [0.4, 0.5) is 5.69 Å². The number of hydrogen-bond acceptors (Lipinski definition) is 4. The summed E-state index contributed by atoms with van der Waals surface area (Å²) in [5.74, 6) is -0.651. The quantitative estimate of drug-likeness (QED) is 0.252. The van der Waals surface area contributed by atoms with Gasteiger partial charge in [-0.2, -0.15) is 0 Å². The Bertz CT molecular complexity index is 1360. The summed E-state index contributed by atoms with van der Waals surface area (Å²) in [5, 5.41) is 8.55. The van der Waals surface area contributed by atoms with Crippen molar-refractivity contribution in [1.82, 2.24) is 0 Å². The van der Waals surface area contributed by atoms with Gasteiger partial charge in [-0.25, -0.2) is 9.78 Å². The van der Waals surface area contributed by atoms with Crippen LogP contribution in [0.3, 0.4) is 0 Å². The van der Waals surface area contributed by atoms with Crippen molar-refractivity contribution in [3.63, 3.8) is 0 Å². The van der Waals surface area contributed by atoms with E-state index < -0.39 is 5.79 Å². The van der Waals surface area contributed by atoms with Crippen molar-refractivity contribution < 1.29 is 14.5 Å². The second-order valence-electron chi connectivity index (χ2n) is 9.92. The van der Waals surface area contributed by atoms with Crippen LogP contribution in [-0.2, 0) is 14.5 Å². The zero-order valence-corrected chi connectivity index (χ0v) is 20.1. The zero-order valence-electron chi connectivity index (χ0n) is 20.1. The Kier molecular flexibility index (Phi) is 5.81. The van der Waals surface area contributed by atoms with Crippen LogP contribution in [0.1, 0.15) is 36.8 Å². The minimum absolute atomic E-state index is 0.323. The van der Waals surface area contributed by atoms with Gasteiger partial charge in [-0.15, -0.1) is 0 Å². The van der Waals surface area contributed by atoms with Gasteiger partial charge in [0.2, 0.25) is 5.79 Å². The van der Waals surface area contributed by atoms with Gasteiger partial charge in [0.25, 0.3) is 0 Å². The van der Waals surface area contributed by atoms with Crippen molar-refractivity contribution in [2.45, 2.75) is 50.5 Å². The Labute approximate surface area is 206 Å². The zero-order chi connectivity index (χ0) is 23.8. The molecule has 6 rings (SSSR count). The molecule has 1 aliphatic heterocycles. The first-order valence-electron chi connectivity index (χ1n) is 12.5. The molecule has 1 saturated heterocycles. The van der Waals surface area contributed by atoms with Crippen molar-refractivity contribution in [3.05, 3.63) is 96.6 Å². The number of nitrogens with one attached hydrogen (secondary N) is 1. The van der Waals surface area contributed by atoms with E-state index in [2.05, 4.69) is 97.7 Å². The summed E-state index contributed by atoms with van der Waals surface area (Å²) in [7, 11) is 0. The van der Waals surface area contributed by atoms with Gasteiger partial charge in [0, 0.05) is 24.6 Å². The highest BCUT2D eigenvalue weighted by Gasteiger charge is 2.43. The van der Waals surface area contributed by atoms with E-state index >= 15 is 0 Å². The molecule has 35 heavy (non-hydrogen) atoms. The number of anilines is 1. The first kappa shape index (κ1) is 22.3. The molecule has 1 spiro atoms. The molecule has 178 valence electrons. The molecule has 0 aromatic heterocycles. The molecule has 0 bridgehead atoms. The molecule has 4 nitrogen and oxygen atoms in total. The van der Waals surface area contributed by atoms with Crippen molar-refractivity contribution in [2.24, 2.45) is 0 Å². The summed E-state index contributed by atoms with van der Waals surface area (Å²) >= 11 is 0. The Balaban J connectivity index is 1.10. The topological polar surface area (TPSA) is 39.7 Å². The second kappa shape index (κ2) is 9.12. The Morgan fingerprint density at radius 2 is 1.60 bits per heavy atom. The molecule has 1 aliphatic carbocycles. The van der Waals surface area contributed by atoms with Crippen LogP contribution in [0.2, 0.25) is 0 Å². The Hall–Kier alpha value is -3.18. The fourth-order valence-corrected chi connectivity index (χ4v) is 5.29. The SMILES string of the molecule is C=C(c1ccc2ccc3ccccc3c2c1)C1COC2(CCC(Nc3ccc(C)cc3)CC2)OO1. The predicted octanol–water partition coefficient (Wildman–Crippen LogP) is 7.41. The summed E-state index contributed by atoms with van der Waals surface area (Å²) in [5.41, 5.74) is 4.36. The van der Waals surface area contributed by atoms with Gasteiger partial charge >= 0.3 is 0 Å². The monoisotopic (exact) mass is 465 g/mol. The fourth-order valence-electron chi connectivity index (χ4n) is 5.29. The minimum Gasteiger partial charge on any atom is -0.382 e. The number of benzene rings is 4. The summed E-state index contributed by atoms with van der Waals surface area (Å²) in [6, 6.07) is 28.2. The maximum atomic E-state index is 6.30. The van der Waals surface area contributed by atoms with Gasteiger partial charge < -0.3 is 10.1 Å². The summed E-state index contributed by atoms with van der Waals surface area (Å²) in [4.78, 5) is 11.8. The highest BCUT2D eigenvalue weighted by Crippen LogP contribution is 2.39. The van der Waals surface area contributed by atoms with Gasteiger partial charge in [0.05, 0.1) is 6.61 Å². The van der Waals surface area contributed by atoms with Crippen molar-refractivity contribution >= 4 is 32.8 Å². The molecule has 1 N–H and O–H groups in total. The maximum absolute atomic E-state index is 6.30. The molecule has 1 saturated carbocycles. The predicted molar refractivity (Wildman–Crippen MR) is 142 cm³/mol. The second-order valence-corrected chi connectivity index (χ2v) is 9.92. The standard InChI is InChI=1S/C31H31NO3/c1-21-7-13-26(14-8-21)32-27-15-17-31(18-16-27)33-20-30(34-35-31)22(2)25-12-11-24-10-9-23-5-3-4-6-28(23)29(24)19-25/h3-14,19,27,30,32H,2,15-18,20H2,1H3. The first-order valence-corrected chi connectivity index (χ1v) is 12.5. The molecule has 1 unspecified atom stereocenters. The summed E-state index contributed by atoms with van der Waals surface area (Å²) in [6.45, 7) is 6.89. The van der Waals surface area contributed by atoms with Gasteiger partial charge in [-0.05, 0) is 70.6 Å². The van der Waals surface area contributed by atoms with Crippen LogP contribution in [0.15, 0.2) is 85.4 Å². The lowest BCUT2D eigenvalue weighted by atomic mass is 9.89. The third-order valence-corrected chi connectivity index (χ3v) is 7.49. The summed E-state index contributed by atoms with van der Waals surface area (Å²) < 4.78 is 6.30. The lowest BCUT2D eigenvalue weighted by molar-refractivity contribution is -0.483. The van der Waals surface area contributed by atoms with E-state index in [4.69, 9.17) is 14.5 Å². The van der Waals surface area contributed by atoms with Crippen LogP contribution in [0.25, 0.3) is 27.1 Å². The molecule has 4 aromatic carbocycles. The first-order chi connectivity index (χ1) is 17.1. The normalized spacial score (nSPS) is 24.6.